The number of oxime groups is 1. The highest BCUT2D eigenvalue weighted by Gasteiger charge is 2.43. The molecule has 0 radical (unpaired) electrons. The minimum absolute atomic E-state index is 0.314. The molecule has 22 heavy (non-hydrogen) atoms. The molecule has 0 aliphatic carbocycles. The van der Waals surface area contributed by atoms with Crippen LogP contribution < -0.4 is 5.32 Å². The Morgan fingerprint density at radius 3 is 3.00 bits per heavy atom. The average Bonchev–Trinajstić information content (AvgIpc) is 2.96. The van der Waals surface area contributed by atoms with E-state index >= 15 is 0 Å². The van der Waals surface area contributed by atoms with Gasteiger partial charge in [0.05, 0.1) is 11.1 Å². The number of nitrogens with zero attached hydrogens (tertiary/aromatic N) is 1. The van der Waals surface area contributed by atoms with Crippen molar-refractivity contribution in [1.29, 1.82) is 0 Å². The predicted molar refractivity (Wildman–Crippen MR) is 79.2 cm³/mol. The van der Waals surface area contributed by atoms with Crippen molar-refractivity contribution in [1.82, 2.24) is 5.32 Å². The van der Waals surface area contributed by atoms with E-state index in [0.717, 1.165) is 13.0 Å². The van der Waals surface area contributed by atoms with E-state index in [9.17, 15) is 14.3 Å². The van der Waals surface area contributed by atoms with Gasteiger partial charge in [-0.1, -0.05) is 23.4 Å². The molecule has 0 bridgehead atoms. The minimum atomic E-state index is -0.816. The number of carboxylic acid groups (broad SMARTS) is 1. The van der Waals surface area contributed by atoms with Crippen LogP contribution in [0, 0.1) is 11.2 Å². The average molecular weight is 306 g/mol. The Hall–Kier alpha value is -1.95. The van der Waals surface area contributed by atoms with Gasteiger partial charge in [-0.25, -0.2) is 4.39 Å². The number of hydrogen-bond acceptors (Lipinski definition) is 4. The van der Waals surface area contributed by atoms with Crippen molar-refractivity contribution in [3.8, 4) is 0 Å². The highest BCUT2D eigenvalue weighted by molar-refractivity contribution is 6.01. The smallest absolute Gasteiger partial charge is 0.311 e. The molecule has 6 heteroatoms. The molecule has 1 aromatic rings. The van der Waals surface area contributed by atoms with Gasteiger partial charge in [-0.05, 0) is 25.5 Å². The van der Waals surface area contributed by atoms with Gasteiger partial charge in [-0.15, -0.1) is 0 Å². The Kier molecular flexibility index (Phi) is 4.11. The van der Waals surface area contributed by atoms with Gasteiger partial charge in [-0.3, -0.25) is 4.79 Å². The number of benzene rings is 1. The van der Waals surface area contributed by atoms with Crippen LogP contribution in [0.25, 0.3) is 0 Å². The fraction of sp³-hybridized carbons (Fsp3) is 0.500. The van der Waals surface area contributed by atoms with Gasteiger partial charge in [0.15, 0.2) is 0 Å². The highest BCUT2D eigenvalue weighted by atomic mass is 19.1. The SMILES string of the molecule is O=C(O)[C@@]1(C[C@@H]2CC(c3ccccc3F)=NO2)CCCNC1. The number of halogens is 1. The molecule has 0 saturated carbocycles. The number of aliphatic carboxylic acids is 1. The maximum atomic E-state index is 13.8. The van der Waals surface area contributed by atoms with Crippen LogP contribution in [0.3, 0.4) is 0 Å². The maximum Gasteiger partial charge on any atom is 0.311 e. The molecule has 0 spiro atoms. The van der Waals surface area contributed by atoms with Crippen molar-refractivity contribution in [2.45, 2.75) is 31.8 Å². The molecule has 118 valence electrons. The summed E-state index contributed by atoms with van der Waals surface area (Å²) in [6.07, 6.45) is 1.97. The lowest BCUT2D eigenvalue weighted by molar-refractivity contribution is -0.152. The van der Waals surface area contributed by atoms with E-state index in [1.807, 2.05) is 0 Å². The summed E-state index contributed by atoms with van der Waals surface area (Å²) in [7, 11) is 0. The first-order chi connectivity index (χ1) is 10.6. The molecule has 2 atom stereocenters. The Bertz CT molecular complexity index is 597. The second-order valence-corrected chi connectivity index (χ2v) is 6.02. The zero-order valence-electron chi connectivity index (χ0n) is 12.2. The van der Waals surface area contributed by atoms with Crippen molar-refractivity contribution in [3.63, 3.8) is 0 Å². The first-order valence-corrected chi connectivity index (χ1v) is 7.52. The summed E-state index contributed by atoms with van der Waals surface area (Å²) in [6.45, 7) is 1.29. The van der Waals surface area contributed by atoms with Gasteiger partial charge in [0, 0.05) is 24.9 Å². The fourth-order valence-corrected chi connectivity index (χ4v) is 3.24. The number of carbonyl (C=O) groups is 1. The Morgan fingerprint density at radius 1 is 1.50 bits per heavy atom. The summed E-state index contributed by atoms with van der Waals surface area (Å²) in [4.78, 5) is 17.1. The molecule has 0 unspecified atom stereocenters. The van der Waals surface area contributed by atoms with Crippen LogP contribution in [-0.2, 0) is 9.63 Å². The van der Waals surface area contributed by atoms with Crippen molar-refractivity contribution >= 4 is 11.7 Å². The maximum absolute atomic E-state index is 13.8. The summed E-state index contributed by atoms with van der Waals surface area (Å²) in [5.74, 6) is -1.14. The highest BCUT2D eigenvalue weighted by Crippen LogP contribution is 2.35. The van der Waals surface area contributed by atoms with Crippen LogP contribution in [0.5, 0.6) is 0 Å². The lowest BCUT2D eigenvalue weighted by atomic mass is 9.75. The molecule has 2 aliphatic rings. The molecule has 0 aromatic heterocycles. The molecule has 1 aromatic carbocycles. The first-order valence-electron chi connectivity index (χ1n) is 7.52. The van der Waals surface area contributed by atoms with E-state index in [4.69, 9.17) is 4.84 Å². The van der Waals surface area contributed by atoms with Crippen molar-refractivity contribution in [2.24, 2.45) is 10.6 Å². The van der Waals surface area contributed by atoms with Gasteiger partial charge in [0.2, 0.25) is 0 Å². The first kappa shape index (κ1) is 15.0. The van der Waals surface area contributed by atoms with Crippen LogP contribution in [0.1, 0.15) is 31.2 Å². The van der Waals surface area contributed by atoms with Crippen LogP contribution in [-0.4, -0.2) is 36.0 Å². The van der Waals surface area contributed by atoms with Gasteiger partial charge in [-0.2, -0.15) is 0 Å². The Labute approximate surface area is 128 Å². The second-order valence-electron chi connectivity index (χ2n) is 6.02. The quantitative estimate of drug-likeness (QED) is 0.894. The van der Waals surface area contributed by atoms with Crippen LogP contribution in [0.15, 0.2) is 29.4 Å². The molecule has 1 fully saturated rings. The van der Waals surface area contributed by atoms with E-state index in [0.29, 0.717) is 37.1 Å². The summed E-state index contributed by atoms with van der Waals surface area (Å²) in [6, 6.07) is 6.42. The van der Waals surface area contributed by atoms with Crippen molar-refractivity contribution in [2.75, 3.05) is 13.1 Å². The van der Waals surface area contributed by atoms with E-state index in [-0.39, 0.29) is 11.9 Å². The zero-order chi connectivity index (χ0) is 15.6. The molecule has 2 aliphatic heterocycles. The van der Waals surface area contributed by atoms with Gasteiger partial charge in [0.1, 0.15) is 11.9 Å². The Morgan fingerprint density at radius 2 is 2.32 bits per heavy atom. The fourth-order valence-electron chi connectivity index (χ4n) is 3.24. The van der Waals surface area contributed by atoms with Crippen molar-refractivity contribution in [3.05, 3.63) is 35.6 Å². The van der Waals surface area contributed by atoms with Crippen molar-refractivity contribution < 1.29 is 19.1 Å². The third kappa shape index (κ3) is 2.83. The predicted octanol–water partition coefficient (Wildman–Crippen LogP) is 2.16. The molecule has 0 amide bonds. The summed E-state index contributed by atoms with van der Waals surface area (Å²) in [5.41, 5.74) is 0.159. The topological polar surface area (TPSA) is 70.9 Å². The number of piperidine rings is 1. The molecular formula is C16H19FN2O3. The minimum Gasteiger partial charge on any atom is -0.481 e. The summed E-state index contributed by atoms with van der Waals surface area (Å²) < 4.78 is 13.8. The lowest BCUT2D eigenvalue weighted by Gasteiger charge is -2.34. The second kappa shape index (κ2) is 6.04. The standard InChI is InChI=1S/C16H19FN2O3/c17-13-5-2-1-4-12(13)14-8-11(22-19-14)9-16(15(20)21)6-3-7-18-10-16/h1-2,4-5,11,18H,3,6-10H2,(H,20,21)/t11-,16+/m0/s1. The van der Waals surface area contributed by atoms with Crippen LogP contribution in [0.4, 0.5) is 4.39 Å². The Balaban J connectivity index is 1.69. The molecular weight excluding hydrogens is 287 g/mol. The van der Waals surface area contributed by atoms with Gasteiger partial charge >= 0.3 is 5.97 Å². The lowest BCUT2D eigenvalue weighted by Crippen LogP contribution is -2.47. The number of rotatable bonds is 4. The largest absolute Gasteiger partial charge is 0.481 e. The van der Waals surface area contributed by atoms with E-state index in [1.54, 1.807) is 18.2 Å². The molecule has 2 N–H and O–H groups in total. The number of nitrogens with one attached hydrogen (secondary N) is 1. The third-order valence-corrected chi connectivity index (χ3v) is 4.46. The van der Waals surface area contributed by atoms with Crippen LogP contribution in [0.2, 0.25) is 0 Å². The van der Waals surface area contributed by atoms with Gasteiger partial charge < -0.3 is 15.3 Å². The number of hydrogen-bond donors (Lipinski definition) is 2. The third-order valence-electron chi connectivity index (χ3n) is 4.46. The normalized spacial score (nSPS) is 28.0. The van der Waals surface area contributed by atoms with Crippen LogP contribution >= 0.6 is 0 Å². The zero-order valence-corrected chi connectivity index (χ0v) is 12.2. The van der Waals surface area contributed by atoms with E-state index in [2.05, 4.69) is 10.5 Å². The molecule has 5 nitrogen and oxygen atoms in total. The molecule has 2 heterocycles. The van der Waals surface area contributed by atoms with Gasteiger partial charge in [0.25, 0.3) is 0 Å². The van der Waals surface area contributed by atoms with E-state index in [1.165, 1.54) is 6.07 Å². The summed E-state index contributed by atoms with van der Waals surface area (Å²) in [5, 5.41) is 16.7. The summed E-state index contributed by atoms with van der Waals surface area (Å²) >= 11 is 0. The molecule has 1 saturated heterocycles. The monoisotopic (exact) mass is 306 g/mol. The van der Waals surface area contributed by atoms with E-state index < -0.39 is 11.4 Å². The number of carboxylic acids is 1. The molecule has 3 rings (SSSR count).